The minimum Gasteiger partial charge on any atom is -0.355 e. The van der Waals surface area contributed by atoms with Crippen LogP contribution in [0.1, 0.15) is 16.7 Å². The Bertz CT molecular complexity index is 859. The quantitative estimate of drug-likeness (QED) is 0.545. The van der Waals surface area contributed by atoms with Crippen LogP contribution >= 0.6 is 11.8 Å². The van der Waals surface area contributed by atoms with Crippen molar-refractivity contribution in [2.24, 2.45) is 0 Å². The van der Waals surface area contributed by atoms with Crippen LogP contribution in [0.5, 0.6) is 0 Å². The predicted octanol–water partition coefficient (Wildman–Crippen LogP) is 5.25. The van der Waals surface area contributed by atoms with E-state index >= 15 is 0 Å². The molecule has 0 spiro atoms. The van der Waals surface area contributed by atoms with Gasteiger partial charge in [-0.3, -0.25) is 4.79 Å². The third-order valence-electron chi connectivity index (χ3n) is 4.35. The van der Waals surface area contributed by atoms with E-state index in [-0.39, 0.29) is 5.91 Å². The number of thioether (sulfide) groups is 1. The van der Waals surface area contributed by atoms with Gasteiger partial charge in [-0.05, 0) is 29.2 Å². The summed E-state index contributed by atoms with van der Waals surface area (Å²) in [6, 6.07) is 27.1. The summed E-state index contributed by atoms with van der Waals surface area (Å²) in [6.45, 7) is 2.82. The summed E-state index contributed by atoms with van der Waals surface area (Å²) in [5, 5.41) is 3.02. The molecule has 138 valence electrons. The Balaban J connectivity index is 1.38. The van der Waals surface area contributed by atoms with Gasteiger partial charge in [0.15, 0.2) is 0 Å². The van der Waals surface area contributed by atoms with Gasteiger partial charge in [-0.25, -0.2) is 0 Å². The second-order valence-corrected chi connectivity index (χ2v) is 7.74. The molecule has 0 saturated carbocycles. The van der Waals surface area contributed by atoms with Gasteiger partial charge in [0.2, 0.25) is 5.91 Å². The zero-order valence-electron chi connectivity index (χ0n) is 15.7. The Morgan fingerprint density at radius 1 is 0.852 bits per heavy atom. The number of benzene rings is 3. The van der Waals surface area contributed by atoms with E-state index in [4.69, 9.17) is 0 Å². The van der Waals surface area contributed by atoms with E-state index in [0.29, 0.717) is 13.0 Å². The van der Waals surface area contributed by atoms with Crippen molar-refractivity contribution in [3.8, 4) is 11.1 Å². The highest BCUT2D eigenvalue weighted by molar-refractivity contribution is 7.98. The second kappa shape index (κ2) is 9.98. The lowest BCUT2D eigenvalue weighted by atomic mass is 10.0. The first-order valence-corrected chi connectivity index (χ1v) is 10.4. The van der Waals surface area contributed by atoms with Gasteiger partial charge in [-0.15, -0.1) is 0 Å². The average molecular weight is 376 g/mol. The van der Waals surface area contributed by atoms with E-state index in [1.807, 2.05) is 42.1 Å². The van der Waals surface area contributed by atoms with Gasteiger partial charge in [-0.2, -0.15) is 11.8 Å². The van der Waals surface area contributed by atoms with Crippen molar-refractivity contribution in [3.05, 3.63) is 95.6 Å². The molecule has 1 amide bonds. The Morgan fingerprint density at radius 3 is 2.33 bits per heavy atom. The summed E-state index contributed by atoms with van der Waals surface area (Å²) < 4.78 is 0. The van der Waals surface area contributed by atoms with Crippen molar-refractivity contribution >= 4 is 17.7 Å². The molecule has 0 radical (unpaired) electrons. The van der Waals surface area contributed by atoms with Crippen molar-refractivity contribution < 1.29 is 4.79 Å². The van der Waals surface area contributed by atoms with E-state index in [0.717, 1.165) is 17.1 Å². The predicted molar refractivity (Wildman–Crippen MR) is 116 cm³/mol. The van der Waals surface area contributed by atoms with Crippen molar-refractivity contribution in [2.45, 2.75) is 19.1 Å². The molecule has 0 atom stereocenters. The minimum absolute atomic E-state index is 0.0821. The number of aryl methyl sites for hydroxylation is 1. The maximum Gasteiger partial charge on any atom is 0.224 e. The Labute approximate surface area is 166 Å². The maximum absolute atomic E-state index is 12.1. The fourth-order valence-electron chi connectivity index (χ4n) is 2.95. The number of carbonyl (C=O) groups excluding carboxylic acids is 1. The lowest BCUT2D eigenvalue weighted by Gasteiger charge is -2.07. The molecule has 0 aliphatic heterocycles. The topological polar surface area (TPSA) is 29.1 Å². The van der Waals surface area contributed by atoms with Crippen LogP contribution < -0.4 is 5.32 Å². The van der Waals surface area contributed by atoms with Crippen LogP contribution in [0.2, 0.25) is 0 Å². The molecular formula is C24H25NOS. The molecule has 3 aromatic carbocycles. The highest BCUT2D eigenvalue weighted by atomic mass is 32.2. The average Bonchev–Trinajstić information content (AvgIpc) is 2.69. The molecule has 3 heteroatoms. The zero-order valence-corrected chi connectivity index (χ0v) is 16.5. The van der Waals surface area contributed by atoms with Crippen LogP contribution in [0.3, 0.4) is 0 Å². The van der Waals surface area contributed by atoms with E-state index in [1.54, 1.807) is 0 Å². The zero-order chi connectivity index (χ0) is 18.9. The van der Waals surface area contributed by atoms with Gasteiger partial charge in [-0.1, -0.05) is 84.4 Å². The smallest absolute Gasteiger partial charge is 0.224 e. The van der Waals surface area contributed by atoms with Gasteiger partial charge in [0.05, 0.1) is 6.42 Å². The number of rotatable bonds is 8. The van der Waals surface area contributed by atoms with Crippen molar-refractivity contribution in [2.75, 3.05) is 12.3 Å². The van der Waals surface area contributed by atoms with E-state index in [1.165, 1.54) is 22.3 Å². The maximum atomic E-state index is 12.1. The molecule has 0 bridgehead atoms. The van der Waals surface area contributed by atoms with Crippen LogP contribution in [0, 0.1) is 6.92 Å². The van der Waals surface area contributed by atoms with Crippen molar-refractivity contribution in [3.63, 3.8) is 0 Å². The summed E-state index contributed by atoms with van der Waals surface area (Å²) in [4.78, 5) is 12.1. The molecule has 0 unspecified atom stereocenters. The number of amides is 1. The molecule has 0 aromatic heterocycles. The number of nitrogens with one attached hydrogen (secondary N) is 1. The molecule has 1 N–H and O–H groups in total. The number of carbonyl (C=O) groups is 1. The Morgan fingerprint density at radius 2 is 1.59 bits per heavy atom. The minimum atomic E-state index is 0.0821. The SMILES string of the molecule is Cc1cccc(CSCCNC(=O)Cc2ccc(-c3ccccc3)cc2)c1. The largest absolute Gasteiger partial charge is 0.355 e. The van der Waals surface area contributed by atoms with Crippen LogP contribution in [0.15, 0.2) is 78.9 Å². The van der Waals surface area contributed by atoms with Crippen LogP contribution in [0.25, 0.3) is 11.1 Å². The molecule has 2 nitrogen and oxygen atoms in total. The van der Waals surface area contributed by atoms with E-state index in [9.17, 15) is 4.79 Å². The molecule has 0 fully saturated rings. The molecular weight excluding hydrogens is 350 g/mol. The third kappa shape index (κ3) is 6.30. The monoisotopic (exact) mass is 375 g/mol. The molecule has 0 heterocycles. The molecule has 27 heavy (non-hydrogen) atoms. The molecule has 3 rings (SSSR count). The second-order valence-electron chi connectivity index (χ2n) is 6.63. The van der Waals surface area contributed by atoms with Gasteiger partial charge < -0.3 is 5.32 Å². The molecule has 3 aromatic rings. The fourth-order valence-corrected chi connectivity index (χ4v) is 3.75. The molecule has 0 aliphatic rings. The van der Waals surface area contributed by atoms with Gasteiger partial charge in [0.25, 0.3) is 0 Å². The highest BCUT2D eigenvalue weighted by Gasteiger charge is 2.04. The first-order valence-electron chi connectivity index (χ1n) is 9.25. The summed E-state index contributed by atoms with van der Waals surface area (Å²) in [5.41, 5.74) is 6.04. The summed E-state index contributed by atoms with van der Waals surface area (Å²) in [7, 11) is 0. The van der Waals surface area contributed by atoms with Crippen LogP contribution in [-0.2, 0) is 17.0 Å². The van der Waals surface area contributed by atoms with Gasteiger partial charge in [0.1, 0.15) is 0 Å². The highest BCUT2D eigenvalue weighted by Crippen LogP contribution is 2.19. The molecule has 0 aliphatic carbocycles. The molecule has 0 saturated heterocycles. The van der Waals surface area contributed by atoms with Crippen molar-refractivity contribution in [1.82, 2.24) is 5.32 Å². The van der Waals surface area contributed by atoms with Gasteiger partial charge in [0, 0.05) is 18.1 Å². The van der Waals surface area contributed by atoms with E-state index < -0.39 is 0 Å². The first kappa shape index (κ1) is 19.2. The summed E-state index contributed by atoms with van der Waals surface area (Å²) in [6.07, 6.45) is 0.428. The Hall–Kier alpha value is -2.52. The number of hydrogen-bond acceptors (Lipinski definition) is 2. The summed E-state index contributed by atoms with van der Waals surface area (Å²) >= 11 is 1.85. The summed E-state index contributed by atoms with van der Waals surface area (Å²) in [5.74, 6) is 1.99. The van der Waals surface area contributed by atoms with Gasteiger partial charge >= 0.3 is 0 Å². The first-order chi connectivity index (χ1) is 13.2. The lowest BCUT2D eigenvalue weighted by molar-refractivity contribution is -0.120. The van der Waals surface area contributed by atoms with Crippen molar-refractivity contribution in [1.29, 1.82) is 0 Å². The third-order valence-corrected chi connectivity index (χ3v) is 5.38. The van der Waals surface area contributed by atoms with Crippen LogP contribution in [0.4, 0.5) is 0 Å². The Kier molecular flexibility index (Phi) is 7.11. The normalized spacial score (nSPS) is 10.6. The fraction of sp³-hybridized carbons (Fsp3) is 0.208. The standard InChI is InChI=1S/C24H25NOS/c1-19-6-5-7-21(16-19)18-27-15-14-25-24(26)17-20-10-12-23(13-11-20)22-8-3-2-4-9-22/h2-13,16H,14-15,17-18H2,1H3,(H,25,26). The van der Waals surface area contributed by atoms with Crippen LogP contribution in [-0.4, -0.2) is 18.2 Å². The lowest BCUT2D eigenvalue weighted by Crippen LogP contribution is -2.27. The van der Waals surface area contributed by atoms with E-state index in [2.05, 4.69) is 60.8 Å². The number of hydrogen-bond donors (Lipinski definition) is 1.